The monoisotopic (exact) mass is 327 g/mol. The van der Waals surface area contributed by atoms with Crippen molar-refractivity contribution in [1.82, 2.24) is 19.5 Å². The molecule has 0 unspecified atom stereocenters. The van der Waals surface area contributed by atoms with Gasteiger partial charge < -0.3 is 14.0 Å². The Hall–Kier alpha value is -2.36. The molecule has 2 aromatic heterocycles. The number of nitrogens with one attached hydrogen (secondary N) is 1. The molecule has 2 aromatic rings. The summed E-state index contributed by atoms with van der Waals surface area (Å²) in [5.41, 5.74) is 0.104. The van der Waals surface area contributed by atoms with E-state index in [0.717, 1.165) is 0 Å². The van der Waals surface area contributed by atoms with Gasteiger partial charge in [-0.25, -0.2) is 9.97 Å². The molecule has 0 amide bonds. The van der Waals surface area contributed by atoms with Gasteiger partial charge in [-0.15, -0.1) is 0 Å². The van der Waals surface area contributed by atoms with E-state index >= 15 is 0 Å². The predicted octanol–water partition coefficient (Wildman–Crippen LogP) is 0.819. The molecule has 0 fully saturated rings. The predicted molar refractivity (Wildman–Crippen MR) is 78.6 cm³/mol. The molecule has 22 heavy (non-hydrogen) atoms. The molecule has 0 saturated heterocycles. The Bertz CT molecular complexity index is 772. The van der Waals surface area contributed by atoms with Crippen LogP contribution in [0.3, 0.4) is 0 Å². The number of hydrogen-bond acceptors (Lipinski definition) is 7. The SMILES string of the molecule is CCn1cc(S(=O)(=O)Nc2cnc(OC)nc2OC)nc1C. The van der Waals surface area contributed by atoms with Crippen LogP contribution in [0.25, 0.3) is 0 Å². The second-order valence-corrected chi connectivity index (χ2v) is 5.93. The molecular weight excluding hydrogens is 310 g/mol. The third kappa shape index (κ3) is 3.11. The minimum Gasteiger partial charge on any atom is -0.479 e. The zero-order valence-electron chi connectivity index (χ0n) is 12.7. The van der Waals surface area contributed by atoms with E-state index in [2.05, 4.69) is 19.7 Å². The summed E-state index contributed by atoms with van der Waals surface area (Å²) in [6.45, 7) is 4.27. The molecule has 0 aliphatic carbocycles. The maximum Gasteiger partial charge on any atom is 0.319 e. The Morgan fingerprint density at radius 1 is 1.27 bits per heavy atom. The van der Waals surface area contributed by atoms with Crippen LogP contribution >= 0.6 is 0 Å². The molecule has 0 aliphatic rings. The number of rotatable bonds is 6. The van der Waals surface area contributed by atoms with Crippen LogP contribution in [-0.4, -0.2) is 42.2 Å². The van der Waals surface area contributed by atoms with E-state index < -0.39 is 10.0 Å². The van der Waals surface area contributed by atoms with Crippen molar-refractivity contribution in [2.75, 3.05) is 18.9 Å². The summed E-state index contributed by atoms with van der Waals surface area (Å²) >= 11 is 0. The fourth-order valence-electron chi connectivity index (χ4n) is 1.80. The molecule has 0 bridgehead atoms. The van der Waals surface area contributed by atoms with Gasteiger partial charge in [0.05, 0.1) is 20.4 Å². The van der Waals surface area contributed by atoms with Gasteiger partial charge >= 0.3 is 6.01 Å². The molecule has 0 spiro atoms. The Morgan fingerprint density at radius 2 is 2.00 bits per heavy atom. The lowest BCUT2D eigenvalue weighted by atomic mass is 10.5. The standard InChI is InChI=1S/C12H17N5O4S/c1-5-17-7-10(14-8(17)2)22(18,19)16-9-6-13-12(21-4)15-11(9)20-3/h6-7,16H,5H2,1-4H3. The topological polar surface area (TPSA) is 108 Å². The smallest absolute Gasteiger partial charge is 0.319 e. The Balaban J connectivity index is 2.36. The van der Waals surface area contributed by atoms with E-state index in [9.17, 15) is 8.42 Å². The average molecular weight is 327 g/mol. The summed E-state index contributed by atoms with van der Waals surface area (Å²) in [5.74, 6) is 0.669. The van der Waals surface area contributed by atoms with E-state index in [1.165, 1.54) is 26.6 Å². The molecular formula is C12H17N5O4S. The lowest BCUT2D eigenvalue weighted by Crippen LogP contribution is -2.15. The lowest BCUT2D eigenvalue weighted by molar-refractivity contribution is 0.353. The van der Waals surface area contributed by atoms with Crippen LogP contribution in [0.5, 0.6) is 11.9 Å². The minimum absolute atomic E-state index is 0.0575. The highest BCUT2D eigenvalue weighted by atomic mass is 32.2. The van der Waals surface area contributed by atoms with Crippen LogP contribution in [0.15, 0.2) is 17.4 Å². The molecule has 10 heteroatoms. The van der Waals surface area contributed by atoms with Crippen LogP contribution in [0.1, 0.15) is 12.7 Å². The van der Waals surface area contributed by atoms with Gasteiger partial charge in [0.25, 0.3) is 10.0 Å². The van der Waals surface area contributed by atoms with Gasteiger partial charge in [0.15, 0.2) is 5.03 Å². The van der Waals surface area contributed by atoms with Crippen LogP contribution in [0, 0.1) is 6.92 Å². The van der Waals surface area contributed by atoms with Gasteiger partial charge in [-0.3, -0.25) is 4.72 Å². The second kappa shape index (κ2) is 6.18. The highest BCUT2D eigenvalue weighted by molar-refractivity contribution is 7.92. The molecule has 9 nitrogen and oxygen atoms in total. The third-order valence-electron chi connectivity index (χ3n) is 2.92. The third-order valence-corrected chi connectivity index (χ3v) is 4.16. The molecule has 2 heterocycles. The second-order valence-electron chi connectivity index (χ2n) is 4.30. The summed E-state index contributed by atoms with van der Waals surface area (Å²) in [5, 5.41) is -0.0790. The van der Waals surface area contributed by atoms with Crippen LogP contribution < -0.4 is 14.2 Å². The first kappa shape index (κ1) is 16.0. The van der Waals surface area contributed by atoms with Crippen molar-refractivity contribution in [1.29, 1.82) is 0 Å². The van der Waals surface area contributed by atoms with Crippen molar-refractivity contribution in [3.05, 3.63) is 18.2 Å². The van der Waals surface area contributed by atoms with Crippen molar-refractivity contribution in [3.8, 4) is 11.9 Å². The number of ether oxygens (including phenoxy) is 2. The number of aromatic nitrogens is 4. The van der Waals surface area contributed by atoms with Gasteiger partial charge in [0.1, 0.15) is 11.5 Å². The molecule has 0 aliphatic heterocycles. The number of hydrogen-bond donors (Lipinski definition) is 1. The van der Waals surface area contributed by atoms with Crippen LogP contribution in [0.4, 0.5) is 5.69 Å². The molecule has 0 aromatic carbocycles. The van der Waals surface area contributed by atoms with Crippen LogP contribution in [0.2, 0.25) is 0 Å². The van der Waals surface area contributed by atoms with E-state index in [0.29, 0.717) is 12.4 Å². The maximum absolute atomic E-state index is 12.4. The summed E-state index contributed by atoms with van der Waals surface area (Å²) in [6, 6.07) is 0.0749. The van der Waals surface area contributed by atoms with Crippen molar-refractivity contribution in [2.45, 2.75) is 25.4 Å². The Morgan fingerprint density at radius 3 is 2.55 bits per heavy atom. The number of sulfonamides is 1. The van der Waals surface area contributed by atoms with Gasteiger partial charge in [-0.2, -0.15) is 13.4 Å². The molecule has 1 N–H and O–H groups in total. The highest BCUT2D eigenvalue weighted by Crippen LogP contribution is 2.25. The van der Waals surface area contributed by atoms with Gasteiger partial charge in [-0.1, -0.05) is 0 Å². The van der Waals surface area contributed by atoms with Crippen LogP contribution in [-0.2, 0) is 16.6 Å². The van der Waals surface area contributed by atoms with Crippen molar-refractivity contribution >= 4 is 15.7 Å². The molecule has 0 saturated carbocycles. The lowest BCUT2D eigenvalue weighted by Gasteiger charge is -2.09. The van der Waals surface area contributed by atoms with E-state index in [4.69, 9.17) is 9.47 Å². The quantitative estimate of drug-likeness (QED) is 0.836. The summed E-state index contributed by atoms with van der Waals surface area (Å²) in [7, 11) is -1.09. The zero-order chi connectivity index (χ0) is 16.3. The van der Waals surface area contributed by atoms with E-state index in [-0.39, 0.29) is 22.6 Å². The van der Waals surface area contributed by atoms with Crippen molar-refractivity contribution < 1.29 is 17.9 Å². The summed E-state index contributed by atoms with van der Waals surface area (Å²) in [6.07, 6.45) is 2.74. The number of methoxy groups -OCH3 is 2. The minimum atomic E-state index is -3.86. The number of nitrogens with zero attached hydrogens (tertiary/aromatic N) is 4. The first-order valence-corrected chi connectivity index (χ1v) is 7.91. The summed E-state index contributed by atoms with van der Waals surface area (Å²) in [4.78, 5) is 11.8. The largest absolute Gasteiger partial charge is 0.479 e. The molecule has 120 valence electrons. The fraction of sp³-hybridized carbons (Fsp3) is 0.417. The first-order valence-electron chi connectivity index (χ1n) is 6.43. The maximum atomic E-state index is 12.4. The fourth-order valence-corrected chi connectivity index (χ4v) is 2.85. The normalized spacial score (nSPS) is 11.3. The molecule has 2 rings (SSSR count). The van der Waals surface area contributed by atoms with Gasteiger partial charge in [0.2, 0.25) is 5.88 Å². The molecule has 0 radical (unpaired) electrons. The van der Waals surface area contributed by atoms with E-state index in [1.807, 2.05) is 6.92 Å². The highest BCUT2D eigenvalue weighted by Gasteiger charge is 2.22. The van der Waals surface area contributed by atoms with Crippen molar-refractivity contribution in [3.63, 3.8) is 0 Å². The van der Waals surface area contributed by atoms with Gasteiger partial charge in [0, 0.05) is 12.7 Å². The first-order chi connectivity index (χ1) is 10.4. The van der Waals surface area contributed by atoms with Gasteiger partial charge in [-0.05, 0) is 13.8 Å². The number of anilines is 1. The zero-order valence-corrected chi connectivity index (χ0v) is 13.5. The van der Waals surface area contributed by atoms with E-state index in [1.54, 1.807) is 11.5 Å². The average Bonchev–Trinajstić information content (AvgIpc) is 2.89. The van der Waals surface area contributed by atoms with Crippen molar-refractivity contribution in [2.24, 2.45) is 0 Å². The number of aryl methyl sites for hydroxylation is 2. The Labute approximate surface area is 128 Å². The molecule has 0 atom stereocenters. The Kier molecular flexibility index (Phi) is 4.50. The summed E-state index contributed by atoms with van der Waals surface area (Å²) < 4.78 is 38.7. The number of imidazole rings is 1.